The number of anilines is 1. The number of ether oxygens (including phenoxy) is 1. The molecule has 1 N–H and O–H groups in total. The highest BCUT2D eigenvalue weighted by atomic mass is 32.2. The smallest absolute Gasteiger partial charge is 0.341 e. The first kappa shape index (κ1) is 24.9. The van der Waals surface area contributed by atoms with Crippen LogP contribution in [-0.2, 0) is 22.4 Å². The Labute approximate surface area is 222 Å². The lowest BCUT2D eigenvalue weighted by atomic mass is 9.98. The molecule has 0 spiro atoms. The molecule has 0 unspecified atom stereocenters. The minimum Gasteiger partial charge on any atom is -0.462 e. The summed E-state index contributed by atoms with van der Waals surface area (Å²) in [6.07, 6.45) is 4.87. The van der Waals surface area contributed by atoms with Gasteiger partial charge in [0.2, 0.25) is 5.91 Å². The summed E-state index contributed by atoms with van der Waals surface area (Å²) >= 11 is 4.49. The molecule has 0 atom stereocenters. The Morgan fingerprint density at radius 1 is 1.17 bits per heavy atom. The van der Waals surface area contributed by atoms with Crippen LogP contribution in [0.15, 0.2) is 41.0 Å². The van der Waals surface area contributed by atoms with E-state index in [0.717, 1.165) is 45.6 Å². The molecule has 1 aromatic carbocycles. The van der Waals surface area contributed by atoms with Gasteiger partial charge < -0.3 is 10.1 Å². The average Bonchev–Trinajstić information content (AvgIpc) is 3.57. The number of amides is 1. The zero-order chi connectivity index (χ0) is 25.2. The van der Waals surface area contributed by atoms with Gasteiger partial charge >= 0.3 is 5.97 Å². The molecule has 0 radical (unpaired) electrons. The van der Waals surface area contributed by atoms with Gasteiger partial charge in [-0.3, -0.25) is 4.79 Å². The molecule has 0 fully saturated rings. The fourth-order valence-corrected chi connectivity index (χ4v) is 7.51. The second kappa shape index (κ2) is 10.7. The van der Waals surface area contributed by atoms with Gasteiger partial charge in [-0.25, -0.2) is 14.8 Å². The number of esters is 1. The van der Waals surface area contributed by atoms with Gasteiger partial charge in [0, 0.05) is 21.2 Å². The molecule has 6 nitrogen and oxygen atoms in total. The Bertz CT molecular complexity index is 1420. The summed E-state index contributed by atoms with van der Waals surface area (Å²) in [5.74, 6) is -0.0108. The molecule has 1 amide bonds. The summed E-state index contributed by atoms with van der Waals surface area (Å²) < 4.78 is 5.34. The fourth-order valence-electron chi connectivity index (χ4n) is 4.42. The predicted molar refractivity (Wildman–Crippen MR) is 149 cm³/mol. The molecule has 9 heteroatoms. The summed E-state index contributed by atoms with van der Waals surface area (Å²) in [6, 6.07) is 8.18. The van der Waals surface area contributed by atoms with Crippen molar-refractivity contribution in [3.05, 3.63) is 57.5 Å². The van der Waals surface area contributed by atoms with Crippen LogP contribution in [0.5, 0.6) is 0 Å². The predicted octanol–water partition coefficient (Wildman–Crippen LogP) is 6.94. The van der Waals surface area contributed by atoms with Crippen LogP contribution in [0.25, 0.3) is 21.3 Å². The Balaban J connectivity index is 1.36. The van der Waals surface area contributed by atoms with E-state index in [1.54, 1.807) is 24.6 Å². The van der Waals surface area contributed by atoms with Crippen LogP contribution in [0, 0.1) is 0 Å². The van der Waals surface area contributed by atoms with Crippen molar-refractivity contribution >= 4 is 61.5 Å². The third kappa shape index (κ3) is 4.92. The van der Waals surface area contributed by atoms with Crippen LogP contribution in [0.1, 0.15) is 59.5 Å². The maximum absolute atomic E-state index is 13.0. The minimum absolute atomic E-state index is 0.187. The third-order valence-corrected chi connectivity index (χ3v) is 9.30. The van der Waals surface area contributed by atoms with E-state index in [9.17, 15) is 9.59 Å². The van der Waals surface area contributed by atoms with Gasteiger partial charge in [-0.2, -0.15) is 0 Å². The van der Waals surface area contributed by atoms with Gasteiger partial charge in [-0.15, -0.1) is 22.7 Å². The van der Waals surface area contributed by atoms with Crippen LogP contribution in [0.3, 0.4) is 0 Å². The number of thioether (sulfide) groups is 1. The van der Waals surface area contributed by atoms with Crippen LogP contribution >= 0.6 is 34.4 Å². The molecular formula is C27H27N3O3S3. The summed E-state index contributed by atoms with van der Waals surface area (Å²) in [6.45, 7) is 6.33. The summed E-state index contributed by atoms with van der Waals surface area (Å²) in [7, 11) is 0. The Morgan fingerprint density at radius 2 is 1.97 bits per heavy atom. The Hall–Kier alpha value is -2.75. The number of aryl methyl sites for hydroxylation is 2. The van der Waals surface area contributed by atoms with Gasteiger partial charge in [0.25, 0.3) is 0 Å². The number of carbonyl (C=O) groups excluding carboxylic acids is 2. The summed E-state index contributed by atoms with van der Waals surface area (Å²) in [5, 5.41) is 7.31. The molecule has 4 aromatic rings. The number of rotatable bonds is 8. The minimum atomic E-state index is -0.434. The van der Waals surface area contributed by atoms with E-state index in [1.165, 1.54) is 39.1 Å². The lowest BCUT2D eigenvalue weighted by Crippen LogP contribution is -2.16. The van der Waals surface area contributed by atoms with Gasteiger partial charge in [-0.05, 0) is 48.8 Å². The zero-order valence-corrected chi connectivity index (χ0v) is 22.9. The molecule has 0 saturated carbocycles. The van der Waals surface area contributed by atoms with Crippen molar-refractivity contribution in [2.45, 2.75) is 51.0 Å². The summed E-state index contributed by atoms with van der Waals surface area (Å²) in [5.41, 5.74) is 4.66. The molecule has 0 aliphatic heterocycles. The van der Waals surface area contributed by atoms with E-state index in [1.807, 2.05) is 17.5 Å². The molecule has 1 aliphatic rings. The number of fused-ring (bicyclic) bond motifs is 3. The molecule has 186 valence electrons. The van der Waals surface area contributed by atoms with Crippen LogP contribution < -0.4 is 5.32 Å². The van der Waals surface area contributed by atoms with Crippen molar-refractivity contribution in [3.63, 3.8) is 0 Å². The molecule has 36 heavy (non-hydrogen) atoms. The lowest BCUT2D eigenvalue weighted by molar-refractivity contribution is -0.113. The molecule has 5 rings (SSSR count). The Morgan fingerprint density at radius 3 is 2.72 bits per heavy atom. The first-order valence-corrected chi connectivity index (χ1v) is 14.7. The van der Waals surface area contributed by atoms with Crippen molar-refractivity contribution in [2.24, 2.45) is 0 Å². The fraction of sp³-hybridized carbons (Fsp3) is 0.333. The number of nitrogens with one attached hydrogen (secondary N) is 1. The first-order valence-electron chi connectivity index (χ1n) is 12.0. The maximum Gasteiger partial charge on any atom is 0.341 e. The normalized spacial score (nSPS) is 12.8. The standard InChI is InChI=1S/C27H27N3O3S3/c1-4-33-27(32)23-19(17-10-8-16(9-11-17)15(2)3)12-34-26(23)30-21(31)13-35-24-22-18-6-5-7-20(18)36-25(22)29-14-28-24/h8-12,14-15H,4-7,13H2,1-3H3,(H,30,31). The number of hydrogen-bond donors (Lipinski definition) is 1. The van der Waals surface area contributed by atoms with Gasteiger partial charge in [0.15, 0.2) is 0 Å². The number of aromatic nitrogens is 2. The highest BCUT2D eigenvalue weighted by Gasteiger charge is 2.24. The highest BCUT2D eigenvalue weighted by molar-refractivity contribution is 8.00. The van der Waals surface area contributed by atoms with Crippen molar-refractivity contribution in [2.75, 3.05) is 17.7 Å². The van der Waals surface area contributed by atoms with Gasteiger partial charge in [0.1, 0.15) is 26.7 Å². The van der Waals surface area contributed by atoms with E-state index >= 15 is 0 Å². The van der Waals surface area contributed by atoms with E-state index in [0.29, 0.717) is 16.5 Å². The number of benzene rings is 1. The number of nitrogens with zero attached hydrogens (tertiary/aromatic N) is 2. The number of thiophene rings is 2. The molecule has 3 aromatic heterocycles. The van der Waals surface area contributed by atoms with Crippen LogP contribution in [0.4, 0.5) is 5.00 Å². The first-order chi connectivity index (χ1) is 17.5. The quantitative estimate of drug-likeness (QED) is 0.149. The van der Waals surface area contributed by atoms with E-state index < -0.39 is 5.97 Å². The van der Waals surface area contributed by atoms with E-state index in [2.05, 4.69) is 41.3 Å². The maximum atomic E-state index is 13.0. The molecule has 1 aliphatic carbocycles. The second-order valence-electron chi connectivity index (χ2n) is 8.90. The molecule has 0 bridgehead atoms. The van der Waals surface area contributed by atoms with Crippen LogP contribution in [0.2, 0.25) is 0 Å². The monoisotopic (exact) mass is 537 g/mol. The average molecular weight is 538 g/mol. The largest absolute Gasteiger partial charge is 0.462 e. The number of hydrogen-bond acceptors (Lipinski definition) is 8. The highest BCUT2D eigenvalue weighted by Crippen LogP contribution is 2.40. The zero-order valence-electron chi connectivity index (χ0n) is 20.4. The lowest BCUT2D eigenvalue weighted by Gasteiger charge is -2.10. The second-order valence-corrected chi connectivity index (χ2v) is 11.8. The molecular weight excluding hydrogens is 511 g/mol. The number of carbonyl (C=O) groups is 2. The van der Waals surface area contributed by atoms with Gasteiger partial charge in [0.05, 0.1) is 12.4 Å². The molecule has 3 heterocycles. The van der Waals surface area contributed by atoms with E-state index in [-0.39, 0.29) is 18.3 Å². The SMILES string of the molecule is CCOC(=O)c1c(-c2ccc(C(C)C)cc2)csc1NC(=O)CSc1ncnc2sc3c(c12)CCC3. The Kier molecular flexibility index (Phi) is 7.41. The summed E-state index contributed by atoms with van der Waals surface area (Å²) in [4.78, 5) is 37.2. The topological polar surface area (TPSA) is 81.2 Å². The van der Waals surface area contributed by atoms with Crippen LogP contribution in [-0.4, -0.2) is 34.2 Å². The van der Waals surface area contributed by atoms with Crippen molar-refractivity contribution in [1.82, 2.24) is 9.97 Å². The van der Waals surface area contributed by atoms with Crippen molar-refractivity contribution in [3.8, 4) is 11.1 Å². The van der Waals surface area contributed by atoms with E-state index in [4.69, 9.17) is 4.74 Å². The molecule has 0 saturated heterocycles. The van der Waals surface area contributed by atoms with Crippen molar-refractivity contribution < 1.29 is 14.3 Å². The third-order valence-electron chi connectivity index (χ3n) is 6.22. The van der Waals surface area contributed by atoms with Crippen molar-refractivity contribution in [1.29, 1.82) is 0 Å². The van der Waals surface area contributed by atoms with Gasteiger partial charge in [-0.1, -0.05) is 49.9 Å².